The van der Waals surface area contributed by atoms with Crippen LogP contribution in [0.1, 0.15) is 48.1 Å². The van der Waals surface area contributed by atoms with Crippen LogP contribution in [0.25, 0.3) is 0 Å². The summed E-state index contributed by atoms with van der Waals surface area (Å²) in [5, 5.41) is 2.91. The van der Waals surface area contributed by atoms with Crippen LogP contribution < -0.4 is 10.1 Å². The van der Waals surface area contributed by atoms with Crippen molar-refractivity contribution in [3.63, 3.8) is 0 Å². The number of benzene rings is 2. The first kappa shape index (κ1) is 18.3. The number of amides is 1. The Bertz CT molecular complexity index is 946. The van der Waals surface area contributed by atoms with Crippen molar-refractivity contribution in [1.82, 2.24) is 14.9 Å². The standard InChI is InChI=1S/C23H25N3O2/c1-16(2)24-23(27)21-15-26-14-18(10-13-22(26)25-21)17-8-11-20(12-9-17)28-19-6-4-3-5-7-19/h3-9,11-12,15-16,18H,10,13-14H2,1-2H3,(H,24,27). The van der Waals surface area contributed by atoms with Crippen LogP contribution in [0.15, 0.2) is 60.8 Å². The van der Waals surface area contributed by atoms with E-state index >= 15 is 0 Å². The lowest BCUT2D eigenvalue weighted by Gasteiger charge is -2.24. The molecule has 0 radical (unpaired) electrons. The van der Waals surface area contributed by atoms with Gasteiger partial charge < -0.3 is 14.6 Å². The smallest absolute Gasteiger partial charge is 0.271 e. The monoisotopic (exact) mass is 375 g/mol. The Kier molecular flexibility index (Phi) is 5.15. The van der Waals surface area contributed by atoms with Gasteiger partial charge in [0.25, 0.3) is 5.91 Å². The van der Waals surface area contributed by atoms with Crippen LogP contribution in [0, 0.1) is 0 Å². The van der Waals surface area contributed by atoms with Crippen molar-refractivity contribution in [3.05, 3.63) is 77.9 Å². The first-order chi connectivity index (χ1) is 13.6. The second-order valence-corrected chi connectivity index (χ2v) is 7.54. The van der Waals surface area contributed by atoms with Gasteiger partial charge in [0.2, 0.25) is 0 Å². The SMILES string of the molecule is CC(C)NC(=O)c1cn2c(n1)CCC(c1ccc(Oc3ccccc3)cc1)C2. The summed E-state index contributed by atoms with van der Waals surface area (Å²) in [5.74, 6) is 2.98. The Morgan fingerprint density at radius 1 is 1.11 bits per heavy atom. The average Bonchev–Trinajstić information content (AvgIpc) is 3.12. The molecule has 0 fully saturated rings. The van der Waals surface area contributed by atoms with Crippen LogP contribution >= 0.6 is 0 Å². The van der Waals surface area contributed by atoms with E-state index in [-0.39, 0.29) is 11.9 Å². The molecule has 2 aromatic carbocycles. The lowest BCUT2D eigenvalue weighted by Crippen LogP contribution is -2.30. The number of hydrogen-bond donors (Lipinski definition) is 1. The third-order valence-corrected chi connectivity index (χ3v) is 4.98. The van der Waals surface area contributed by atoms with Gasteiger partial charge in [0.05, 0.1) is 0 Å². The molecular formula is C23H25N3O2. The molecule has 1 aromatic heterocycles. The number of hydrogen-bond acceptors (Lipinski definition) is 3. The number of carbonyl (C=O) groups excluding carboxylic acids is 1. The van der Waals surface area contributed by atoms with Crippen molar-refractivity contribution in [2.45, 2.75) is 45.2 Å². The van der Waals surface area contributed by atoms with Gasteiger partial charge in [0.1, 0.15) is 23.0 Å². The summed E-state index contributed by atoms with van der Waals surface area (Å²) >= 11 is 0. The molecule has 3 aromatic rings. The largest absolute Gasteiger partial charge is 0.457 e. The van der Waals surface area contributed by atoms with Crippen molar-refractivity contribution in [3.8, 4) is 11.5 Å². The van der Waals surface area contributed by atoms with Gasteiger partial charge in [-0.2, -0.15) is 0 Å². The first-order valence-corrected chi connectivity index (χ1v) is 9.78. The van der Waals surface area contributed by atoms with E-state index in [0.29, 0.717) is 11.6 Å². The molecule has 5 heteroatoms. The Hall–Kier alpha value is -3.08. The average molecular weight is 375 g/mol. The molecule has 1 N–H and O–H groups in total. The van der Waals surface area contributed by atoms with E-state index in [1.54, 1.807) is 0 Å². The van der Waals surface area contributed by atoms with Crippen molar-refractivity contribution in [2.24, 2.45) is 0 Å². The Morgan fingerprint density at radius 2 is 1.82 bits per heavy atom. The van der Waals surface area contributed by atoms with Gasteiger partial charge >= 0.3 is 0 Å². The van der Waals surface area contributed by atoms with Crippen molar-refractivity contribution >= 4 is 5.91 Å². The Labute approximate surface area is 165 Å². The van der Waals surface area contributed by atoms with Gasteiger partial charge in [-0.3, -0.25) is 4.79 Å². The number of para-hydroxylation sites is 1. The molecule has 1 amide bonds. The molecule has 1 aliphatic heterocycles. The molecule has 4 rings (SSSR count). The fourth-order valence-electron chi connectivity index (χ4n) is 3.59. The Morgan fingerprint density at radius 3 is 2.54 bits per heavy atom. The lowest BCUT2D eigenvalue weighted by atomic mass is 9.91. The predicted octanol–water partition coefficient (Wildman–Crippen LogP) is 4.54. The summed E-state index contributed by atoms with van der Waals surface area (Å²) in [7, 11) is 0. The summed E-state index contributed by atoms with van der Waals surface area (Å²) in [6.07, 6.45) is 3.79. The number of aromatic nitrogens is 2. The van der Waals surface area contributed by atoms with Crippen LogP contribution in [-0.2, 0) is 13.0 Å². The van der Waals surface area contributed by atoms with E-state index in [1.165, 1.54) is 5.56 Å². The maximum atomic E-state index is 12.2. The highest BCUT2D eigenvalue weighted by Crippen LogP contribution is 2.31. The molecular weight excluding hydrogens is 350 g/mol. The fraction of sp³-hybridized carbons (Fsp3) is 0.304. The van der Waals surface area contributed by atoms with E-state index < -0.39 is 0 Å². The molecule has 1 aliphatic rings. The predicted molar refractivity (Wildman–Crippen MR) is 109 cm³/mol. The van der Waals surface area contributed by atoms with Crippen LogP contribution in [-0.4, -0.2) is 21.5 Å². The summed E-state index contributed by atoms with van der Waals surface area (Å²) in [4.78, 5) is 16.7. The number of aryl methyl sites for hydroxylation is 1. The van der Waals surface area contributed by atoms with Crippen molar-refractivity contribution in [1.29, 1.82) is 0 Å². The minimum atomic E-state index is -0.101. The number of ether oxygens (including phenoxy) is 1. The molecule has 5 nitrogen and oxygen atoms in total. The summed E-state index contributed by atoms with van der Waals surface area (Å²) < 4.78 is 8.00. The zero-order valence-electron chi connectivity index (χ0n) is 16.3. The molecule has 0 aliphatic carbocycles. The maximum absolute atomic E-state index is 12.2. The zero-order valence-corrected chi connectivity index (χ0v) is 16.3. The summed E-state index contributed by atoms with van der Waals surface area (Å²) in [6, 6.07) is 18.2. The van der Waals surface area contributed by atoms with Gasteiger partial charge in [-0.25, -0.2) is 4.98 Å². The van der Waals surface area contributed by atoms with Crippen LogP contribution in [0.2, 0.25) is 0 Å². The van der Waals surface area contributed by atoms with Gasteiger partial charge in [-0.1, -0.05) is 30.3 Å². The van der Waals surface area contributed by atoms with E-state index in [2.05, 4.69) is 27.0 Å². The van der Waals surface area contributed by atoms with Gasteiger partial charge in [0, 0.05) is 31.1 Å². The van der Waals surface area contributed by atoms with Crippen LogP contribution in [0.4, 0.5) is 0 Å². The number of rotatable bonds is 5. The topological polar surface area (TPSA) is 56.2 Å². The van der Waals surface area contributed by atoms with E-state index in [4.69, 9.17) is 4.74 Å². The molecule has 0 saturated carbocycles. The zero-order chi connectivity index (χ0) is 19.5. The first-order valence-electron chi connectivity index (χ1n) is 9.78. The molecule has 144 valence electrons. The summed E-state index contributed by atoms with van der Waals surface area (Å²) in [5.41, 5.74) is 1.80. The van der Waals surface area contributed by atoms with Crippen molar-refractivity contribution < 1.29 is 9.53 Å². The number of fused-ring (bicyclic) bond motifs is 1. The molecule has 1 atom stereocenters. The Balaban J connectivity index is 1.44. The minimum Gasteiger partial charge on any atom is -0.457 e. The maximum Gasteiger partial charge on any atom is 0.271 e. The van der Waals surface area contributed by atoms with E-state index in [1.807, 2.05) is 62.5 Å². The molecule has 1 unspecified atom stereocenters. The molecule has 0 bridgehead atoms. The van der Waals surface area contributed by atoms with E-state index in [9.17, 15) is 4.79 Å². The molecule has 28 heavy (non-hydrogen) atoms. The number of carbonyl (C=O) groups is 1. The molecule has 2 heterocycles. The second-order valence-electron chi connectivity index (χ2n) is 7.54. The normalized spacial score (nSPS) is 15.9. The fourth-order valence-corrected chi connectivity index (χ4v) is 3.59. The van der Waals surface area contributed by atoms with Gasteiger partial charge in [0.15, 0.2) is 0 Å². The highest BCUT2D eigenvalue weighted by atomic mass is 16.5. The lowest BCUT2D eigenvalue weighted by molar-refractivity contribution is 0.0938. The number of nitrogens with one attached hydrogen (secondary N) is 1. The summed E-state index contributed by atoms with van der Waals surface area (Å²) in [6.45, 7) is 4.75. The quantitative estimate of drug-likeness (QED) is 0.712. The molecule has 0 saturated heterocycles. The van der Waals surface area contributed by atoms with Gasteiger partial charge in [-0.15, -0.1) is 0 Å². The second kappa shape index (κ2) is 7.89. The molecule has 0 spiro atoms. The highest BCUT2D eigenvalue weighted by Gasteiger charge is 2.23. The van der Waals surface area contributed by atoms with Gasteiger partial charge in [-0.05, 0) is 50.1 Å². The minimum absolute atomic E-state index is 0.101. The highest BCUT2D eigenvalue weighted by molar-refractivity contribution is 5.92. The number of nitrogens with zero attached hydrogens (tertiary/aromatic N) is 2. The number of imidazole rings is 1. The van der Waals surface area contributed by atoms with Crippen LogP contribution in [0.3, 0.4) is 0 Å². The van der Waals surface area contributed by atoms with Crippen molar-refractivity contribution in [2.75, 3.05) is 0 Å². The van der Waals surface area contributed by atoms with Crippen LogP contribution in [0.5, 0.6) is 11.5 Å². The third kappa shape index (κ3) is 4.09. The van der Waals surface area contributed by atoms with E-state index in [0.717, 1.165) is 36.7 Å². The third-order valence-electron chi connectivity index (χ3n) is 4.98.